The molecule has 1 atom stereocenters. The van der Waals surface area contributed by atoms with E-state index in [1.54, 1.807) is 4.90 Å². The van der Waals surface area contributed by atoms with Crippen molar-refractivity contribution in [2.45, 2.75) is 26.1 Å². The van der Waals surface area contributed by atoms with Crippen LogP contribution in [0.2, 0.25) is 0 Å². The standard InChI is InChI=1S/C13H26FN3O/c1-11(2)16-7-9-17(10-8-16)13(18)12(14)5-6-15(3)4/h5,11,13,18H,6-10H2,1-4H3/b12-5-. The molecule has 0 amide bonds. The second kappa shape index (κ2) is 7.19. The summed E-state index contributed by atoms with van der Waals surface area (Å²) in [6, 6.07) is 0.512. The van der Waals surface area contributed by atoms with Crippen molar-refractivity contribution >= 4 is 0 Å². The molecule has 1 fully saturated rings. The quantitative estimate of drug-likeness (QED) is 0.789. The highest BCUT2D eigenvalue weighted by Gasteiger charge is 2.25. The molecular weight excluding hydrogens is 233 g/mol. The van der Waals surface area contributed by atoms with Gasteiger partial charge in [0.05, 0.1) is 0 Å². The number of nitrogens with zero attached hydrogens (tertiary/aromatic N) is 3. The molecule has 0 radical (unpaired) electrons. The van der Waals surface area contributed by atoms with E-state index in [0.29, 0.717) is 25.7 Å². The van der Waals surface area contributed by atoms with Gasteiger partial charge in [-0.1, -0.05) is 0 Å². The SMILES string of the molecule is CC(C)N1CCN(C(O)/C(F)=C/CN(C)C)CC1. The minimum atomic E-state index is -1.08. The van der Waals surface area contributed by atoms with Gasteiger partial charge in [0.25, 0.3) is 0 Å². The van der Waals surface area contributed by atoms with Gasteiger partial charge in [0.15, 0.2) is 6.23 Å². The normalized spacial score (nSPS) is 21.9. The minimum Gasteiger partial charge on any atom is -0.372 e. The molecule has 0 bridgehead atoms. The first-order valence-corrected chi connectivity index (χ1v) is 6.58. The first-order valence-electron chi connectivity index (χ1n) is 6.58. The van der Waals surface area contributed by atoms with E-state index in [4.69, 9.17) is 0 Å². The van der Waals surface area contributed by atoms with Crippen LogP contribution in [0.5, 0.6) is 0 Å². The van der Waals surface area contributed by atoms with Crippen molar-refractivity contribution in [2.75, 3.05) is 46.8 Å². The van der Waals surface area contributed by atoms with Gasteiger partial charge in [0.2, 0.25) is 0 Å². The fourth-order valence-electron chi connectivity index (χ4n) is 2.05. The number of hydrogen-bond donors (Lipinski definition) is 1. The summed E-state index contributed by atoms with van der Waals surface area (Å²) in [4.78, 5) is 5.99. The van der Waals surface area contributed by atoms with E-state index in [1.165, 1.54) is 6.08 Å². The monoisotopic (exact) mass is 259 g/mol. The first-order chi connectivity index (χ1) is 8.41. The largest absolute Gasteiger partial charge is 0.372 e. The highest BCUT2D eigenvalue weighted by atomic mass is 19.1. The number of aliphatic hydroxyl groups excluding tert-OH is 1. The van der Waals surface area contributed by atoms with Crippen molar-refractivity contribution < 1.29 is 9.50 Å². The molecule has 18 heavy (non-hydrogen) atoms. The van der Waals surface area contributed by atoms with Crippen LogP contribution in [0.4, 0.5) is 4.39 Å². The topological polar surface area (TPSA) is 30.0 Å². The molecule has 1 N–H and O–H groups in total. The van der Waals surface area contributed by atoms with E-state index in [1.807, 2.05) is 19.0 Å². The van der Waals surface area contributed by atoms with Crippen molar-refractivity contribution in [1.29, 1.82) is 0 Å². The Morgan fingerprint density at radius 2 is 1.72 bits per heavy atom. The molecule has 0 aliphatic carbocycles. The smallest absolute Gasteiger partial charge is 0.159 e. The van der Waals surface area contributed by atoms with Crippen LogP contribution in [-0.4, -0.2) is 78.9 Å². The Labute approximate surface area is 110 Å². The predicted molar refractivity (Wildman–Crippen MR) is 72.0 cm³/mol. The number of hydrogen-bond acceptors (Lipinski definition) is 4. The Morgan fingerprint density at radius 1 is 1.22 bits per heavy atom. The minimum absolute atomic E-state index is 0.443. The summed E-state index contributed by atoms with van der Waals surface area (Å²) in [6.45, 7) is 8.01. The average molecular weight is 259 g/mol. The molecule has 106 valence electrons. The number of likely N-dealkylation sites (N-methyl/N-ethyl adjacent to an activating group) is 1. The van der Waals surface area contributed by atoms with Crippen molar-refractivity contribution in [3.8, 4) is 0 Å². The Kier molecular flexibility index (Phi) is 6.21. The Morgan fingerprint density at radius 3 is 2.17 bits per heavy atom. The van der Waals surface area contributed by atoms with E-state index in [2.05, 4.69) is 18.7 Å². The number of rotatable bonds is 5. The van der Waals surface area contributed by atoms with Crippen LogP contribution >= 0.6 is 0 Å². The lowest BCUT2D eigenvalue weighted by Gasteiger charge is -2.38. The van der Waals surface area contributed by atoms with Gasteiger partial charge in [0.1, 0.15) is 5.83 Å². The van der Waals surface area contributed by atoms with Gasteiger partial charge in [-0.3, -0.25) is 9.80 Å². The highest BCUT2D eigenvalue weighted by Crippen LogP contribution is 2.14. The maximum Gasteiger partial charge on any atom is 0.159 e. The van der Waals surface area contributed by atoms with Gasteiger partial charge in [-0.25, -0.2) is 4.39 Å². The van der Waals surface area contributed by atoms with Crippen molar-refractivity contribution in [3.63, 3.8) is 0 Å². The maximum absolute atomic E-state index is 13.7. The molecular formula is C13H26FN3O. The van der Waals surface area contributed by atoms with Crippen LogP contribution < -0.4 is 0 Å². The van der Waals surface area contributed by atoms with E-state index >= 15 is 0 Å². The third-order valence-electron chi connectivity index (χ3n) is 3.32. The van der Waals surface area contributed by atoms with Crippen LogP contribution in [0.3, 0.4) is 0 Å². The lowest BCUT2D eigenvalue weighted by molar-refractivity contribution is -0.0195. The van der Waals surface area contributed by atoms with Crippen LogP contribution in [0.25, 0.3) is 0 Å². The molecule has 0 aromatic carbocycles. The van der Waals surface area contributed by atoms with Gasteiger partial charge >= 0.3 is 0 Å². The van der Waals surface area contributed by atoms with Crippen LogP contribution in [0.15, 0.2) is 11.9 Å². The zero-order valence-corrected chi connectivity index (χ0v) is 11.9. The zero-order valence-electron chi connectivity index (χ0n) is 11.9. The molecule has 0 aromatic heterocycles. The maximum atomic E-state index is 13.7. The van der Waals surface area contributed by atoms with Crippen LogP contribution in [0, 0.1) is 0 Å². The zero-order chi connectivity index (χ0) is 13.7. The molecule has 1 saturated heterocycles. The molecule has 1 aliphatic rings. The molecule has 5 heteroatoms. The summed E-state index contributed by atoms with van der Waals surface area (Å²) >= 11 is 0. The summed E-state index contributed by atoms with van der Waals surface area (Å²) in [5, 5.41) is 9.93. The molecule has 4 nitrogen and oxygen atoms in total. The summed E-state index contributed by atoms with van der Waals surface area (Å²) in [6.07, 6.45) is 0.360. The highest BCUT2D eigenvalue weighted by molar-refractivity contribution is 5.00. The molecule has 0 aromatic rings. The summed E-state index contributed by atoms with van der Waals surface area (Å²) in [5.74, 6) is -0.443. The van der Waals surface area contributed by atoms with Crippen molar-refractivity contribution in [2.24, 2.45) is 0 Å². The summed E-state index contributed by atoms with van der Waals surface area (Å²) < 4.78 is 13.7. The lowest BCUT2D eigenvalue weighted by atomic mass is 10.2. The third kappa shape index (κ3) is 4.65. The van der Waals surface area contributed by atoms with Crippen LogP contribution in [-0.2, 0) is 0 Å². The number of halogens is 1. The van der Waals surface area contributed by atoms with E-state index < -0.39 is 12.1 Å². The van der Waals surface area contributed by atoms with E-state index in [0.717, 1.165) is 13.1 Å². The Balaban J connectivity index is 2.44. The molecule has 0 saturated carbocycles. The van der Waals surface area contributed by atoms with Crippen LogP contribution in [0.1, 0.15) is 13.8 Å². The molecule has 1 aliphatic heterocycles. The molecule has 1 rings (SSSR count). The molecule has 1 unspecified atom stereocenters. The van der Waals surface area contributed by atoms with Crippen molar-refractivity contribution in [3.05, 3.63) is 11.9 Å². The average Bonchev–Trinajstić information content (AvgIpc) is 2.35. The molecule has 0 spiro atoms. The fourth-order valence-corrected chi connectivity index (χ4v) is 2.05. The van der Waals surface area contributed by atoms with Gasteiger partial charge < -0.3 is 10.0 Å². The number of piperazine rings is 1. The number of aliphatic hydroxyl groups is 1. The molecule has 1 heterocycles. The predicted octanol–water partition coefficient (Wildman–Crippen LogP) is 0.746. The second-order valence-corrected chi connectivity index (χ2v) is 5.39. The van der Waals surface area contributed by atoms with E-state index in [9.17, 15) is 9.50 Å². The van der Waals surface area contributed by atoms with Gasteiger partial charge in [-0.05, 0) is 34.0 Å². The van der Waals surface area contributed by atoms with Gasteiger partial charge in [-0.2, -0.15) is 0 Å². The lowest BCUT2D eigenvalue weighted by Crippen LogP contribution is -2.52. The van der Waals surface area contributed by atoms with E-state index in [-0.39, 0.29) is 0 Å². The summed E-state index contributed by atoms with van der Waals surface area (Å²) in [5.41, 5.74) is 0. The summed E-state index contributed by atoms with van der Waals surface area (Å²) in [7, 11) is 3.75. The first kappa shape index (κ1) is 15.6. The van der Waals surface area contributed by atoms with Crippen molar-refractivity contribution in [1.82, 2.24) is 14.7 Å². The van der Waals surface area contributed by atoms with Gasteiger partial charge in [-0.15, -0.1) is 0 Å². The second-order valence-electron chi connectivity index (χ2n) is 5.39. The Bertz CT molecular complexity index is 273. The van der Waals surface area contributed by atoms with Gasteiger partial charge in [0, 0.05) is 38.8 Å². The third-order valence-corrected chi connectivity index (χ3v) is 3.32. The Hall–Kier alpha value is -0.490. The fraction of sp³-hybridized carbons (Fsp3) is 0.846.